The average Bonchev–Trinajstić information content (AvgIpc) is 2.26. The molecule has 0 bridgehead atoms. The molecule has 1 aliphatic rings. The molecule has 1 saturated heterocycles. The molecule has 0 aromatic heterocycles. The highest BCUT2D eigenvalue weighted by atomic mass is 32.1. The highest BCUT2D eigenvalue weighted by Gasteiger charge is 2.15. The van der Waals surface area contributed by atoms with Gasteiger partial charge in [0.2, 0.25) is 11.8 Å². The Balaban J connectivity index is 2.23. The van der Waals surface area contributed by atoms with Crippen LogP contribution in [-0.2, 0) is 9.59 Å². The molecule has 80 valence electrons. The molecular weight excluding hydrogens is 202 g/mol. The van der Waals surface area contributed by atoms with Crippen LogP contribution in [0.5, 0.6) is 0 Å². The lowest BCUT2D eigenvalue weighted by atomic mass is 10.3. The summed E-state index contributed by atoms with van der Waals surface area (Å²) >= 11 is 3.80. The zero-order valence-electron chi connectivity index (χ0n) is 7.95. The fraction of sp³-hybridized carbons (Fsp3) is 0.750. The highest BCUT2D eigenvalue weighted by Crippen LogP contribution is 1.92. The Hall–Kier alpha value is -0.750. The number of hydrogen-bond acceptors (Lipinski definition) is 4. The van der Waals surface area contributed by atoms with Crippen LogP contribution in [0.2, 0.25) is 0 Å². The summed E-state index contributed by atoms with van der Waals surface area (Å²) in [4.78, 5) is 24.1. The zero-order valence-corrected chi connectivity index (χ0v) is 8.85. The number of hydrogen-bond donors (Lipinski definition) is 3. The van der Waals surface area contributed by atoms with Crippen molar-refractivity contribution < 1.29 is 9.59 Å². The number of nitrogens with zero attached hydrogens (tertiary/aromatic N) is 1. The van der Waals surface area contributed by atoms with E-state index in [-0.39, 0.29) is 24.1 Å². The van der Waals surface area contributed by atoms with E-state index < -0.39 is 0 Å². The number of carbonyl (C=O) groups excluding carboxylic acids is 2. The molecule has 6 heteroatoms. The van der Waals surface area contributed by atoms with Gasteiger partial charge in [0.25, 0.3) is 0 Å². The number of thiol groups is 1. The van der Waals surface area contributed by atoms with Gasteiger partial charge >= 0.3 is 0 Å². The summed E-state index contributed by atoms with van der Waals surface area (Å²) in [6.07, 6.45) is 0. The molecule has 0 saturated carbocycles. The first-order chi connectivity index (χ1) is 6.74. The van der Waals surface area contributed by atoms with Gasteiger partial charge < -0.3 is 15.5 Å². The molecule has 0 unspecified atom stereocenters. The van der Waals surface area contributed by atoms with Gasteiger partial charge in [0.1, 0.15) is 0 Å². The van der Waals surface area contributed by atoms with E-state index in [2.05, 4.69) is 23.3 Å². The monoisotopic (exact) mass is 217 g/mol. The van der Waals surface area contributed by atoms with E-state index in [1.165, 1.54) is 0 Å². The van der Waals surface area contributed by atoms with Crippen molar-refractivity contribution in [1.82, 2.24) is 15.5 Å². The first-order valence-electron chi connectivity index (χ1n) is 4.60. The molecule has 2 amide bonds. The second-order valence-electron chi connectivity index (χ2n) is 3.07. The lowest BCUT2D eigenvalue weighted by Crippen LogP contribution is -2.49. The lowest BCUT2D eigenvalue weighted by Gasteiger charge is -2.27. The molecule has 0 aromatic rings. The Kier molecular flexibility index (Phi) is 4.75. The quantitative estimate of drug-likeness (QED) is 0.502. The van der Waals surface area contributed by atoms with Crippen LogP contribution in [0.25, 0.3) is 0 Å². The second-order valence-corrected chi connectivity index (χ2v) is 3.38. The zero-order chi connectivity index (χ0) is 10.4. The predicted octanol–water partition coefficient (Wildman–Crippen LogP) is -1.54. The molecule has 0 aromatic carbocycles. The van der Waals surface area contributed by atoms with Gasteiger partial charge in [-0.3, -0.25) is 9.59 Å². The molecule has 0 atom stereocenters. The van der Waals surface area contributed by atoms with Crippen molar-refractivity contribution in [3.8, 4) is 0 Å². The van der Waals surface area contributed by atoms with E-state index in [1.54, 1.807) is 4.90 Å². The van der Waals surface area contributed by atoms with E-state index in [0.29, 0.717) is 0 Å². The Bertz CT molecular complexity index is 217. The minimum atomic E-state index is -0.211. The maximum Gasteiger partial charge on any atom is 0.242 e. The van der Waals surface area contributed by atoms with Crippen LogP contribution in [0.1, 0.15) is 0 Å². The Labute approximate surface area is 88.6 Å². The Morgan fingerprint density at radius 3 is 2.57 bits per heavy atom. The second kappa shape index (κ2) is 5.87. The fourth-order valence-corrected chi connectivity index (χ4v) is 1.37. The van der Waals surface area contributed by atoms with Gasteiger partial charge in [-0.2, -0.15) is 12.6 Å². The molecule has 5 nitrogen and oxygen atoms in total. The number of piperazine rings is 1. The number of rotatable bonds is 3. The number of amides is 2. The van der Waals surface area contributed by atoms with Crippen LogP contribution >= 0.6 is 12.6 Å². The topological polar surface area (TPSA) is 61.4 Å². The summed E-state index contributed by atoms with van der Waals surface area (Å²) in [7, 11) is 0. The maximum absolute atomic E-state index is 11.5. The van der Waals surface area contributed by atoms with Gasteiger partial charge in [-0.25, -0.2) is 0 Å². The number of nitrogens with one attached hydrogen (secondary N) is 2. The summed E-state index contributed by atoms with van der Waals surface area (Å²) in [5, 5.41) is 5.65. The maximum atomic E-state index is 11.5. The van der Waals surface area contributed by atoms with E-state index >= 15 is 0 Å². The van der Waals surface area contributed by atoms with Crippen LogP contribution in [0.3, 0.4) is 0 Å². The third kappa shape index (κ3) is 3.55. The van der Waals surface area contributed by atoms with Crippen LogP contribution in [-0.4, -0.2) is 55.2 Å². The van der Waals surface area contributed by atoms with Gasteiger partial charge in [0, 0.05) is 26.2 Å². The largest absolute Gasteiger partial charge is 0.346 e. The summed E-state index contributed by atoms with van der Waals surface area (Å²) < 4.78 is 0. The molecular formula is C8H15N3O2S. The van der Waals surface area contributed by atoms with Gasteiger partial charge in [0.15, 0.2) is 0 Å². The van der Waals surface area contributed by atoms with Gasteiger partial charge in [0.05, 0.1) is 12.3 Å². The van der Waals surface area contributed by atoms with Crippen molar-refractivity contribution in [2.24, 2.45) is 0 Å². The first-order valence-corrected chi connectivity index (χ1v) is 5.23. The van der Waals surface area contributed by atoms with E-state index in [1.807, 2.05) is 0 Å². The number of carbonyl (C=O) groups is 2. The summed E-state index contributed by atoms with van der Waals surface area (Å²) in [6, 6.07) is 0. The van der Waals surface area contributed by atoms with Crippen molar-refractivity contribution in [3.05, 3.63) is 0 Å². The molecule has 1 heterocycles. The molecule has 2 N–H and O–H groups in total. The van der Waals surface area contributed by atoms with Crippen LogP contribution in [0, 0.1) is 0 Å². The third-order valence-corrected chi connectivity index (χ3v) is 2.34. The molecule has 0 aliphatic carbocycles. The molecule has 1 rings (SSSR count). The summed E-state index contributed by atoms with van der Waals surface area (Å²) in [6.45, 7) is 3.17. The molecule has 1 fully saturated rings. The summed E-state index contributed by atoms with van der Waals surface area (Å²) in [5.41, 5.74) is 0. The minimum Gasteiger partial charge on any atom is -0.346 e. The molecule has 0 spiro atoms. The van der Waals surface area contributed by atoms with Crippen LogP contribution < -0.4 is 10.6 Å². The van der Waals surface area contributed by atoms with Crippen molar-refractivity contribution in [2.45, 2.75) is 0 Å². The Morgan fingerprint density at radius 1 is 1.36 bits per heavy atom. The lowest BCUT2D eigenvalue weighted by molar-refractivity contribution is -0.132. The van der Waals surface area contributed by atoms with Crippen molar-refractivity contribution in [3.63, 3.8) is 0 Å². The van der Waals surface area contributed by atoms with E-state index in [9.17, 15) is 9.59 Å². The SMILES string of the molecule is O=C(CS)NCC(=O)N1CCNCC1. The fourth-order valence-electron chi connectivity index (χ4n) is 1.26. The minimum absolute atomic E-state index is 0.0263. The normalized spacial score (nSPS) is 16.5. The Morgan fingerprint density at radius 2 is 2.00 bits per heavy atom. The van der Waals surface area contributed by atoms with Crippen molar-refractivity contribution >= 4 is 24.4 Å². The summed E-state index contributed by atoms with van der Waals surface area (Å²) in [5.74, 6) is -0.118. The van der Waals surface area contributed by atoms with E-state index in [0.717, 1.165) is 26.2 Å². The van der Waals surface area contributed by atoms with Gasteiger partial charge in [-0.1, -0.05) is 0 Å². The first kappa shape index (κ1) is 11.3. The highest BCUT2D eigenvalue weighted by molar-refractivity contribution is 7.81. The van der Waals surface area contributed by atoms with Crippen LogP contribution in [0.4, 0.5) is 0 Å². The molecule has 1 aliphatic heterocycles. The molecule has 0 radical (unpaired) electrons. The van der Waals surface area contributed by atoms with Crippen LogP contribution in [0.15, 0.2) is 0 Å². The average molecular weight is 217 g/mol. The van der Waals surface area contributed by atoms with E-state index in [4.69, 9.17) is 0 Å². The van der Waals surface area contributed by atoms with Gasteiger partial charge in [-0.15, -0.1) is 0 Å². The predicted molar refractivity (Wildman–Crippen MR) is 56.3 cm³/mol. The third-order valence-electron chi connectivity index (χ3n) is 2.05. The standard InChI is InChI=1S/C8H15N3O2S/c12-7(6-14)10-5-8(13)11-3-1-9-2-4-11/h9,14H,1-6H2,(H,10,12). The smallest absolute Gasteiger partial charge is 0.242 e. The molecule has 14 heavy (non-hydrogen) atoms. The van der Waals surface area contributed by atoms with Crippen molar-refractivity contribution in [1.29, 1.82) is 0 Å². The van der Waals surface area contributed by atoms with Crippen molar-refractivity contribution in [2.75, 3.05) is 38.5 Å². The van der Waals surface area contributed by atoms with Gasteiger partial charge in [-0.05, 0) is 0 Å².